The molecular formula is C43H34GeIrN2O-2. The summed E-state index contributed by atoms with van der Waals surface area (Å²) in [5.74, 6) is 7.14. The van der Waals surface area contributed by atoms with Crippen molar-refractivity contribution >= 4 is 39.6 Å². The monoisotopic (exact) mass is 861 g/mol. The molecule has 0 bridgehead atoms. The van der Waals surface area contributed by atoms with Gasteiger partial charge >= 0.3 is 99.8 Å². The van der Waals surface area contributed by atoms with E-state index in [1.807, 2.05) is 73.1 Å². The van der Waals surface area contributed by atoms with Crippen molar-refractivity contribution < 1.29 is 24.5 Å². The molecule has 237 valence electrons. The van der Waals surface area contributed by atoms with Crippen LogP contribution in [0.5, 0.6) is 0 Å². The van der Waals surface area contributed by atoms with Gasteiger partial charge in [-0.2, -0.15) is 0 Å². The van der Waals surface area contributed by atoms with Gasteiger partial charge in [-0.05, 0) is 40.1 Å². The molecule has 0 saturated carbocycles. The Morgan fingerprint density at radius 1 is 0.562 bits per heavy atom. The van der Waals surface area contributed by atoms with Crippen molar-refractivity contribution in [1.29, 1.82) is 0 Å². The smallest absolute Gasteiger partial charge is 0.121 e. The second-order valence-electron chi connectivity index (χ2n) is 12.5. The van der Waals surface area contributed by atoms with E-state index in [2.05, 4.69) is 118 Å². The molecule has 3 nitrogen and oxygen atoms in total. The van der Waals surface area contributed by atoms with E-state index < -0.39 is 13.3 Å². The normalized spacial score (nSPS) is 11.1. The van der Waals surface area contributed by atoms with Crippen LogP contribution < -0.4 is 4.40 Å². The molecule has 5 heteroatoms. The molecule has 0 saturated heterocycles. The minimum Gasteiger partial charge on any atom is -0.501 e. The van der Waals surface area contributed by atoms with Gasteiger partial charge in [0, 0.05) is 31.7 Å². The van der Waals surface area contributed by atoms with Gasteiger partial charge in [-0.25, -0.2) is 0 Å². The molecule has 0 fully saturated rings. The molecule has 8 aromatic rings. The Labute approximate surface area is 298 Å². The first-order chi connectivity index (χ1) is 22.9. The van der Waals surface area contributed by atoms with Crippen LogP contribution in [0.1, 0.15) is 0 Å². The largest absolute Gasteiger partial charge is 0.501 e. The van der Waals surface area contributed by atoms with Crippen LogP contribution in [0.4, 0.5) is 0 Å². The molecule has 1 radical (unpaired) electrons. The van der Waals surface area contributed by atoms with Gasteiger partial charge in [0.1, 0.15) is 5.58 Å². The van der Waals surface area contributed by atoms with Crippen LogP contribution in [-0.4, -0.2) is 23.2 Å². The van der Waals surface area contributed by atoms with Crippen molar-refractivity contribution in [1.82, 2.24) is 9.97 Å². The van der Waals surface area contributed by atoms with E-state index in [4.69, 9.17) is 4.42 Å². The Kier molecular flexibility index (Phi) is 10.2. The van der Waals surface area contributed by atoms with E-state index in [0.717, 1.165) is 61.1 Å². The number of rotatable bonds is 5. The number of nitrogens with zero attached hydrogens (tertiary/aromatic N) is 2. The van der Waals surface area contributed by atoms with E-state index in [0.29, 0.717) is 0 Å². The average molecular weight is 860 g/mol. The van der Waals surface area contributed by atoms with Crippen molar-refractivity contribution in [2.24, 2.45) is 0 Å². The fraction of sp³-hybridized carbons (Fsp3) is 0.0698. The topological polar surface area (TPSA) is 38.9 Å². The molecule has 48 heavy (non-hydrogen) atoms. The predicted molar refractivity (Wildman–Crippen MR) is 198 cm³/mol. The molecule has 3 heterocycles. The number of furan rings is 1. The van der Waals surface area contributed by atoms with E-state index >= 15 is 0 Å². The van der Waals surface area contributed by atoms with Crippen LogP contribution >= 0.6 is 0 Å². The maximum atomic E-state index is 6.37. The van der Waals surface area contributed by atoms with Gasteiger partial charge in [-0.15, -0.1) is 18.2 Å². The van der Waals surface area contributed by atoms with Crippen LogP contribution in [0.2, 0.25) is 17.3 Å². The third kappa shape index (κ3) is 7.27. The number of benzene rings is 5. The van der Waals surface area contributed by atoms with Gasteiger partial charge in [0.15, 0.2) is 0 Å². The van der Waals surface area contributed by atoms with Crippen molar-refractivity contribution in [2.45, 2.75) is 17.3 Å². The van der Waals surface area contributed by atoms with Crippen LogP contribution in [0, 0.1) is 12.1 Å². The standard InChI is InChI=1S/C29H18NO.C14H16GeN.Ir/c1-3-8-20(9-4-1)22-14-15-24-25-12-7-13-26(29(25)31-28(24)19-22)27-18-23(16-17-30-27)21-10-5-2-6-11-21;1-15(2,3)13-9-10-14(16-11-13)12-7-5-4-6-8-12;/h1-12,14-19H;4-7,9-11H,1-3H3;/q2*-1;. The Hall–Kier alpha value is -4.61. The summed E-state index contributed by atoms with van der Waals surface area (Å²) in [7, 11) is 0. The SMILES string of the molecule is [CH3][Ge]([CH3])([CH3])[c]1ccc(-c2[c-]cccc2)nc1.[Ir].[c-]1ccc2c(oc3cc(-c4ccccc4)ccc32)c1-c1cc(-c2ccccc2)ccn1. The van der Waals surface area contributed by atoms with Crippen molar-refractivity contribution in [2.75, 3.05) is 0 Å². The van der Waals surface area contributed by atoms with Gasteiger partial charge < -0.3 is 9.40 Å². The predicted octanol–water partition coefficient (Wildman–Crippen LogP) is 10.9. The molecule has 0 atom stereocenters. The molecule has 8 rings (SSSR count). The van der Waals surface area contributed by atoms with Crippen LogP contribution in [0.25, 0.3) is 66.7 Å². The summed E-state index contributed by atoms with van der Waals surface area (Å²) in [5, 5.41) is 2.18. The molecule has 3 aromatic heterocycles. The van der Waals surface area contributed by atoms with Gasteiger partial charge in [0.25, 0.3) is 0 Å². The zero-order valence-corrected chi connectivity index (χ0v) is 31.6. The quantitative estimate of drug-likeness (QED) is 0.128. The minimum absolute atomic E-state index is 0. The van der Waals surface area contributed by atoms with E-state index in [1.165, 1.54) is 9.96 Å². The van der Waals surface area contributed by atoms with E-state index in [1.54, 1.807) is 0 Å². The molecule has 0 amide bonds. The zero-order valence-electron chi connectivity index (χ0n) is 27.1. The molecule has 0 N–H and O–H groups in total. The second kappa shape index (κ2) is 14.7. The van der Waals surface area contributed by atoms with Crippen LogP contribution in [-0.2, 0) is 20.1 Å². The van der Waals surface area contributed by atoms with Crippen molar-refractivity contribution in [3.05, 3.63) is 164 Å². The Bertz CT molecular complexity index is 2260. The fourth-order valence-corrected chi connectivity index (χ4v) is 7.84. The first-order valence-electron chi connectivity index (χ1n) is 15.8. The first-order valence-corrected chi connectivity index (χ1v) is 23.2. The van der Waals surface area contributed by atoms with E-state index in [-0.39, 0.29) is 20.1 Å². The minimum atomic E-state index is -1.72. The summed E-state index contributed by atoms with van der Waals surface area (Å²) in [5.41, 5.74) is 10.1. The summed E-state index contributed by atoms with van der Waals surface area (Å²) in [4.78, 5) is 9.16. The third-order valence-corrected chi connectivity index (χ3v) is 12.5. The van der Waals surface area contributed by atoms with E-state index in [9.17, 15) is 0 Å². The average Bonchev–Trinajstić information content (AvgIpc) is 3.51. The Morgan fingerprint density at radius 2 is 1.27 bits per heavy atom. The molecule has 0 spiro atoms. The van der Waals surface area contributed by atoms with Gasteiger partial charge in [-0.3, -0.25) is 0 Å². The Morgan fingerprint density at radius 3 is 1.92 bits per heavy atom. The van der Waals surface area contributed by atoms with Crippen molar-refractivity contribution in [3.63, 3.8) is 0 Å². The number of aromatic nitrogens is 2. The van der Waals surface area contributed by atoms with Gasteiger partial charge in [0.2, 0.25) is 0 Å². The van der Waals surface area contributed by atoms with Gasteiger partial charge in [-0.1, -0.05) is 89.8 Å². The van der Waals surface area contributed by atoms with Gasteiger partial charge in [0.05, 0.1) is 5.58 Å². The first kappa shape index (κ1) is 33.3. The molecule has 0 aliphatic rings. The van der Waals surface area contributed by atoms with Crippen LogP contribution in [0.15, 0.2) is 156 Å². The Balaban J connectivity index is 0.000000201. The summed E-state index contributed by atoms with van der Waals surface area (Å²) in [6.45, 7) is 0. The third-order valence-electron chi connectivity index (χ3n) is 8.28. The maximum absolute atomic E-state index is 6.37. The fourth-order valence-electron chi connectivity index (χ4n) is 5.67. The summed E-state index contributed by atoms with van der Waals surface area (Å²) in [6.07, 6.45) is 3.89. The van der Waals surface area contributed by atoms with Crippen molar-refractivity contribution in [3.8, 4) is 44.8 Å². The molecular weight excluding hydrogens is 825 g/mol. The van der Waals surface area contributed by atoms with Crippen LogP contribution in [0.3, 0.4) is 0 Å². The molecule has 0 aliphatic carbocycles. The number of hydrogen-bond donors (Lipinski definition) is 0. The zero-order chi connectivity index (χ0) is 32.2. The maximum Gasteiger partial charge on any atom is 0.121 e. The molecule has 0 unspecified atom stereocenters. The summed E-state index contributed by atoms with van der Waals surface area (Å²) >= 11 is -1.72. The number of pyridine rings is 2. The second-order valence-corrected chi connectivity index (χ2v) is 23.2. The molecule has 0 aliphatic heterocycles. The molecule has 5 aromatic carbocycles. The summed E-state index contributed by atoms with van der Waals surface area (Å²) in [6, 6.07) is 54.1. The summed E-state index contributed by atoms with van der Waals surface area (Å²) < 4.78 is 7.82. The number of fused-ring (bicyclic) bond motifs is 3. The number of hydrogen-bond acceptors (Lipinski definition) is 3.